The predicted octanol–water partition coefficient (Wildman–Crippen LogP) is 1.49. The van der Waals surface area contributed by atoms with Gasteiger partial charge in [0.15, 0.2) is 3.77 Å². The Bertz CT molecular complexity index is 413. The van der Waals surface area contributed by atoms with Crippen LogP contribution in [0.3, 0.4) is 0 Å². The van der Waals surface area contributed by atoms with Gasteiger partial charge in [0.2, 0.25) is 5.91 Å². The van der Waals surface area contributed by atoms with Crippen LogP contribution in [0.1, 0.15) is 12.2 Å². The van der Waals surface area contributed by atoms with Crippen LogP contribution in [0.5, 0.6) is 0 Å². The monoisotopic (exact) mass is 333 g/mol. The quantitative estimate of drug-likeness (QED) is 0.659. The van der Waals surface area contributed by atoms with Crippen LogP contribution in [0.25, 0.3) is 6.08 Å². The number of halogens is 1. The van der Waals surface area contributed by atoms with Gasteiger partial charge < -0.3 is 14.4 Å². The van der Waals surface area contributed by atoms with Gasteiger partial charge in [-0.05, 0) is 47.2 Å². The van der Waals surface area contributed by atoms with Crippen LogP contribution in [0.4, 0.5) is 0 Å². The lowest BCUT2D eigenvalue weighted by atomic mass is 10.3. The summed E-state index contributed by atoms with van der Waals surface area (Å²) in [5.41, 5.74) is 0. The van der Waals surface area contributed by atoms with Crippen molar-refractivity contribution in [3.63, 3.8) is 0 Å². The number of carbonyl (C=O) groups excluding carboxylic acids is 1. The summed E-state index contributed by atoms with van der Waals surface area (Å²) in [6, 6.07) is 3.65. The molecule has 0 saturated carbocycles. The maximum Gasteiger partial charge on any atom is 0.246 e. The van der Waals surface area contributed by atoms with Crippen molar-refractivity contribution in [2.24, 2.45) is 0 Å². The Kier molecular flexibility index (Phi) is 3.65. The number of amides is 1. The van der Waals surface area contributed by atoms with Gasteiger partial charge in [-0.15, -0.1) is 0 Å². The summed E-state index contributed by atoms with van der Waals surface area (Å²) >= 11 is 2.07. The van der Waals surface area contributed by atoms with Crippen LogP contribution >= 0.6 is 22.6 Å². The van der Waals surface area contributed by atoms with Crippen LogP contribution < -0.4 is 0 Å². The molecule has 4 nitrogen and oxygen atoms in total. The van der Waals surface area contributed by atoms with E-state index in [0.717, 1.165) is 3.77 Å². The third kappa shape index (κ3) is 2.85. The lowest BCUT2D eigenvalue weighted by Crippen LogP contribution is -2.27. The average Bonchev–Trinajstić information content (AvgIpc) is 2.84. The summed E-state index contributed by atoms with van der Waals surface area (Å²) in [6.07, 6.45) is 3.42. The van der Waals surface area contributed by atoms with Crippen LogP contribution in [0, 0.1) is 3.77 Å². The molecule has 0 bridgehead atoms. The zero-order valence-corrected chi connectivity index (χ0v) is 10.8. The zero-order valence-electron chi connectivity index (χ0n) is 8.60. The molecule has 1 atom stereocenters. The van der Waals surface area contributed by atoms with E-state index in [1.54, 1.807) is 11.0 Å². The standard InChI is InChI=1S/C11H12INO3/c12-10-3-1-9(16-10)2-4-11(15)13-6-5-8(14)7-13/h1-4,8,14H,5-7H2/t8-/m1/s1. The summed E-state index contributed by atoms with van der Waals surface area (Å²) in [5.74, 6) is 0.584. The SMILES string of the molecule is O=C(C=Cc1ccc(I)o1)N1CC[C@@H](O)C1. The molecule has 1 saturated heterocycles. The fourth-order valence-corrected chi connectivity index (χ4v) is 2.05. The molecule has 0 spiro atoms. The summed E-state index contributed by atoms with van der Waals surface area (Å²) in [7, 11) is 0. The summed E-state index contributed by atoms with van der Waals surface area (Å²) in [5, 5.41) is 9.30. The summed E-state index contributed by atoms with van der Waals surface area (Å²) in [6.45, 7) is 1.05. The van der Waals surface area contributed by atoms with Crippen molar-refractivity contribution < 1.29 is 14.3 Å². The number of aliphatic hydroxyl groups excluding tert-OH is 1. The van der Waals surface area contributed by atoms with E-state index in [1.165, 1.54) is 6.08 Å². The molecule has 0 aromatic carbocycles. The first-order chi connectivity index (χ1) is 7.65. The second-order valence-corrected chi connectivity index (χ2v) is 4.77. The molecule has 1 aliphatic rings. The topological polar surface area (TPSA) is 53.7 Å². The van der Waals surface area contributed by atoms with Crippen molar-refractivity contribution in [2.75, 3.05) is 13.1 Å². The number of rotatable bonds is 2. The van der Waals surface area contributed by atoms with Gasteiger partial charge in [-0.25, -0.2) is 0 Å². The van der Waals surface area contributed by atoms with Crippen molar-refractivity contribution >= 4 is 34.6 Å². The van der Waals surface area contributed by atoms with E-state index in [0.29, 0.717) is 25.3 Å². The number of nitrogens with zero attached hydrogens (tertiary/aromatic N) is 1. The maximum absolute atomic E-state index is 11.7. The van der Waals surface area contributed by atoms with E-state index < -0.39 is 0 Å². The largest absolute Gasteiger partial charge is 0.451 e. The lowest BCUT2D eigenvalue weighted by Gasteiger charge is -2.11. The molecule has 1 aromatic heterocycles. The van der Waals surface area contributed by atoms with Gasteiger partial charge in [0, 0.05) is 19.2 Å². The molecule has 1 aromatic rings. The van der Waals surface area contributed by atoms with Crippen molar-refractivity contribution in [3.8, 4) is 0 Å². The van der Waals surface area contributed by atoms with E-state index in [1.807, 2.05) is 12.1 Å². The molecule has 5 heteroatoms. The Hall–Kier alpha value is -0.820. The molecular weight excluding hydrogens is 321 g/mol. The van der Waals surface area contributed by atoms with Gasteiger partial charge in [0.1, 0.15) is 5.76 Å². The Morgan fingerprint density at radius 1 is 1.62 bits per heavy atom. The second-order valence-electron chi connectivity index (χ2n) is 3.70. The van der Waals surface area contributed by atoms with Crippen molar-refractivity contribution in [3.05, 3.63) is 27.7 Å². The van der Waals surface area contributed by atoms with E-state index in [-0.39, 0.29) is 12.0 Å². The number of likely N-dealkylation sites (tertiary alicyclic amines) is 1. The molecule has 1 fully saturated rings. The van der Waals surface area contributed by atoms with E-state index in [2.05, 4.69) is 22.6 Å². The van der Waals surface area contributed by atoms with Gasteiger partial charge in [-0.1, -0.05) is 0 Å². The Morgan fingerprint density at radius 3 is 3.00 bits per heavy atom. The van der Waals surface area contributed by atoms with Crippen LogP contribution in [0.2, 0.25) is 0 Å². The van der Waals surface area contributed by atoms with Gasteiger partial charge in [-0.2, -0.15) is 0 Å². The van der Waals surface area contributed by atoms with Crippen LogP contribution in [-0.4, -0.2) is 35.1 Å². The van der Waals surface area contributed by atoms with E-state index in [4.69, 9.17) is 4.42 Å². The van der Waals surface area contributed by atoms with Crippen molar-refractivity contribution in [1.29, 1.82) is 0 Å². The highest BCUT2D eigenvalue weighted by molar-refractivity contribution is 14.1. The lowest BCUT2D eigenvalue weighted by molar-refractivity contribution is -0.125. The Labute approximate surface area is 107 Å². The number of hydrogen-bond acceptors (Lipinski definition) is 3. The van der Waals surface area contributed by atoms with Gasteiger partial charge in [-0.3, -0.25) is 4.79 Å². The van der Waals surface area contributed by atoms with E-state index >= 15 is 0 Å². The molecule has 2 heterocycles. The highest BCUT2D eigenvalue weighted by Crippen LogP contribution is 2.13. The summed E-state index contributed by atoms with van der Waals surface area (Å²) in [4.78, 5) is 13.3. The van der Waals surface area contributed by atoms with Gasteiger partial charge in [0.25, 0.3) is 0 Å². The molecule has 86 valence electrons. The molecule has 2 rings (SSSR count). The molecule has 1 N–H and O–H groups in total. The first-order valence-corrected chi connectivity index (χ1v) is 6.13. The Morgan fingerprint density at radius 2 is 2.44 bits per heavy atom. The fraction of sp³-hybridized carbons (Fsp3) is 0.364. The highest BCUT2D eigenvalue weighted by atomic mass is 127. The number of aliphatic hydroxyl groups is 1. The molecule has 16 heavy (non-hydrogen) atoms. The summed E-state index contributed by atoms with van der Waals surface area (Å²) < 4.78 is 6.09. The van der Waals surface area contributed by atoms with Crippen molar-refractivity contribution in [1.82, 2.24) is 4.90 Å². The van der Waals surface area contributed by atoms with Crippen LogP contribution in [0.15, 0.2) is 22.6 Å². The second kappa shape index (κ2) is 5.01. The minimum absolute atomic E-state index is 0.0806. The highest BCUT2D eigenvalue weighted by Gasteiger charge is 2.22. The number of furan rings is 1. The smallest absolute Gasteiger partial charge is 0.246 e. The first-order valence-electron chi connectivity index (χ1n) is 5.05. The average molecular weight is 333 g/mol. The molecule has 0 radical (unpaired) electrons. The molecule has 0 aliphatic carbocycles. The Balaban J connectivity index is 1.94. The molecule has 1 aliphatic heterocycles. The van der Waals surface area contributed by atoms with E-state index in [9.17, 15) is 9.90 Å². The third-order valence-electron chi connectivity index (χ3n) is 2.46. The molecule has 0 unspecified atom stereocenters. The predicted molar refractivity (Wildman–Crippen MR) is 67.7 cm³/mol. The van der Waals surface area contributed by atoms with Crippen molar-refractivity contribution in [2.45, 2.75) is 12.5 Å². The third-order valence-corrected chi connectivity index (χ3v) is 3.04. The first kappa shape index (κ1) is 11.7. The number of carbonyl (C=O) groups is 1. The maximum atomic E-state index is 11.7. The number of β-amino-alcohol motifs (C(OH)–C–C–N with tert-alkyl or cyclic N) is 1. The van der Waals surface area contributed by atoms with Gasteiger partial charge >= 0.3 is 0 Å². The molecular formula is C11H12INO3. The normalized spacial score (nSPS) is 20.9. The minimum Gasteiger partial charge on any atom is -0.451 e. The number of hydrogen-bond donors (Lipinski definition) is 1. The minimum atomic E-state index is -0.373. The fourth-order valence-electron chi connectivity index (χ4n) is 1.62. The van der Waals surface area contributed by atoms with Crippen LogP contribution in [-0.2, 0) is 4.79 Å². The zero-order chi connectivity index (χ0) is 11.5. The van der Waals surface area contributed by atoms with Gasteiger partial charge in [0.05, 0.1) is 6.10 Å². The molecule has 1 amide bonds.